The van der Waals surface area contributed by atoms with E-state index in [0.717, 1.165) is 24.0 Å². The predicted octanol–water partition coefficient (Wildman–Crippen LogP) is 2.15. The molecule has 0 saturated heterocycles. The van der Waals surface area contributed by atoms with Gasteiger partial charge in [-0.15, -0.1) is 0 Å². The van der Waals surface area contributed by atoms with Crippen LogP contribution in [0.2, 0.25) is 0 Å². The van der Waals surface area contributed by atoms with E-state index in [9.17, 15) is 9.59 Å². The Morgan fingerprint density at radius 2 is 1.71 bits per heavy atom. The van der Waals surface area contributed by atoms with Gasteiger partial charge in [-0.3, -0.25) is 9.59 Å². The van der Waals surface area contributed by atoms with E-state index < -0.39 is 6.04 Å². The molecule has 0 radical (unpaired) electrons. The summed E-state index contributed by atoms with van der Waals surface area (Å²) >= 11 is 0. The zero-order chi connectivity index (χ0) is 16.9. The van der Waals surface area contributed by atoms with Gasteiger partial charge in [0.25, 0.3) is 0 Å². The topological polar surface area (TPSA) is 84.2 Å². The maximum absolute atomic E-state index is 12.2. The van der Waals surface area contributed by atoms with Crippen LogP contribution in [0.25, 0.3) is 0 Å². The van der Waals surface area contributed by atoms with E-state index in [0.29, 0.717) is 18.2 Å². The Morgan fingerprint density at radius 1 is 1.04 bits per heavy atom. The van der Waals surface area contributed by atoms with Gasteiger partial charge in [-0.1, -0.05) is 42.5 Å². The second-order valence-corrected chi connectivity index (χ2v) is 6.09. The minimum Gasteiger partial charge on any atom is -0.353 e. The van der Waals surface area contributed by atoms with Crippen LogP contribution in [0.3, 0.4) is 0 Å². The number of benzene rings is 2. The Morgan fingerprint density at radius 3 is 2.33 bits per heavy atom. The number of carbonyl (C=O) groups is 2. The summed E-state index contributed by atoms with van der Waals surface area (Å²) in [5, 5.41) is 5.76. The van der Waals surface area contributed by atoms with Crippen LogP contribution >= 0.6 is 0 Å². The Kier molecular flexibility index (Phi) is 4.91. The summed E-state index contributed by atoms with van der Waals surface area (Å²) in [6.07, 6.45) is 2.52. The largest absolute Gasteiger partial charge is 0.353 e. The van der Waals surface area contributed by atoms with E-state index in [1.165, 1.54) is 0 Å². The highest BCUT2D eigenvalue weighted by molar-refractivity contribution is 5.95. The second kappa shape index (κ2) is 7.27. The molecule has 3 rings (SSSR count). The SMILES string of the molecule is N[C@H](C(=O)Nc1ccc(CC(=O)NC2CC2)cc1)c1ccccc1. The fourth-order valence-corrected chi connectivity index (χ4v) is 2.43. The van der Waals surface area contributed by atoms with Gasteiger partial charge < -0.3 is 16.4 Å². The highest BCUT2D eigenvalue weighted by Crippen LogP contribution is 2.19. The first-order valence-electron chi connectivity index (χ1n) is 8.11. The van der Waals surface area contributed by atoms with Gasteiger partial charge in [0.05, 0.1) is 6.42 Å². The van der Waals surface area contributed by atoms with E-state index in [1.54, 1.807) is 12.1 Å². The maximum Gasteiger partial charge on any atom is 0.245 e. The molecule has 1 aliphatic rings. The van der Waals surface area contributed by atoms with E-state index in [2.05, 4.69) is 10.6 Å². The van der Waals surface area contributed by atoms with E-state index >= 15 is 0 Å². The van der Waals surface area contributed by atoms with Crippen molar-refractivity contribution in [1.82, 2.24) is 5.32 Å². The Hall–Kier alpha value is -2.66. The van der Waals surface area contributed by atoms with Gasteiger partial charge in [-0.05, 0) is 36.1 Å². The number of carbonyl (C=O) groups excluding carboxylic acids is 2. The minimum absolute atomic E-state index is 0.0420. The summed E-state index contributed by atoms with van der Waals surface area (Å²) in [6, 6.07) is 16.2. The molecule has 0 aliphatic heterocycles. The predicted molar refractivity (Wildman–Crippen MR) is 93.3 cm³/mol. The van der Waals surface area contributed by atoms with Crippen molar-refractivity contribution in [3.63, 3.8) is 0 Å². The molecule has 124 valence electrons. The molecule has 1 atom stereocenters. The Labute approximate surface area is 141 Å². The number of hydrogen-bond donors (Lipinski definition) is 3. The molecule has 0 aromatic heterocycles. The fraction of sp³-hybridized carbons (Fsp3) is 0.263. The third kappa shape index (κ3) is 4.43. The van der Waals surface area contributed by atoms with Crippen LogP contribution in [-0.2, 0) is 16.0 Å². The second-order valence-electron chi connectivity index (χ2n) is 6.09. The molecule has 1 aliphatic carbocycles. The number of amides is 2. The molecule has 1 saturated carbocycles. The lowest BCUT2D eigenvalue weighted by Crippen LogP contribution is -2.28. The Balaban J connectivity index is 1.55. The number of rotatable bonds is 6. The highest BCUT2D eigenvalue weighted by atomic mass is 16.2. The average molecular weight is 323 g/mol. The molecule has 0 spiro atoms. The van der Waals surface area contributed by atoms with E-state index in [-0.39, 0.29) is 11.8 Å². The summed E-state index contributed by atoms with van der Waals surface area (Å²) in [5.41, 5.74) is 8.32. The van der Waals surface area contributed by atoms with Crippen LogP contribution in [-0.4, -0.2) is 17.9 Å². The van der Waals surface area contributed by atoms with Crippen LogP contribution in [0.1, 0.15) is 30.0 Å². The Bertz CT molecular complexity index is 709. The molecule has 5 nitrogen and oxygen atoms in total. The first kappa shape index (κ1) is 16.2. The van der Waals surface area contributed by atoms with Crippen LogP contribution in [0, 0.1) is 0 Å². The van der Waals surface area contributed by atoms with Crippen molar-refractivity contribution in [3.8, 4) is 0 Å². The highest BCUT2D eigenvalue weighted by Gasteiger charge is 2.23. The summed E-state index contributed by atoms with van der Waals surface area (Å²) in [7, 11) is 0. The van der Waals surface area contributed by atoms with Crippen LogP contribution in [0.4, 0.5) is 5.69 Å². The molecule has 2 aromatic carbocycles. The average Bonchev–Trinajstić information content (AvgIpc) is 3.40. The minimum atomic E-state index is -0.713. The van der Waals surface area contributed by atoms with Crippen molar-refractivity contribution in [1.29, 1.82) is 0 Å². The van der Waals surface area contributed by atoms with Crippen molar-refractivity contribution in [2.24, 2.45) is 5.73 Å². The molecular formula is C19H21N3O2. The van der Waals surface area contributed by atoms with Crippen LogP contribution in [0.5, 0.6) is 0 Å². The first-order valence-corrected chi connectivity index (χ1v) is 8.11. The number of nitrogens with two attached hydrogens (primary N) is 1. The van der Waals surface area contributed by atoms with Crippen molar-refractivity contribution >= 4 is 17.5 Å². The van der Waals surface area contributed by atoms with Gasteiger partial charge in [-0.2, -0.15) is 0 Å². The summed E-state index contributed by atoms with van der Waals surface area (Å²) in [4.78, 5) is 24.0. The smallest absolute Gasteiger partial charge is 0.245 e. The summed E-state index contributed by atoms with van der Waals surface area (Å²) in [5.74, 6) is -0.221. The summed E-state index contributed by atoms with van der Waals surface area (Å²) in [6.45, 7) is 0. The molecule has 24 heavy (non-hydrogen) atoms. The van der Waals surface area contributed by atoms with Crippen molar-refractivity contribution in [2.75, 3.05) is 5.32 Å². The van der Waals surface area contributed by atoms with E-state index in [1.807, 2.05) is 42.5 Å². The molecule has 1 fully saturated rings. The first-order chi connectivity index (χ1) is 11.6. The lowest BCUT2D eigenvalue weighted by atomic mass is 10.1. The molecule has 0 bridgehead atoms. The van der Waals surface area contributed by atoms with Gasteiger partial charge in [0, 0.05) is 11.7 Å². The third-order valence-corrected chi connectivity index (χ3v) is 3.97. The lowest BCUT2D eigenvalue weighted by Gasteiger charge is -2.13. The zero-order valence-corrected chi connectivity index (χ0v) is 13.4. The maximum atomic E-state index is 12.2. The van der Waals surface area contributed by atoms with E-state index in [4.69, 9.17) is 5.73 Å². The van der Waals surface area contributed by atoms with Crippen molar-refractivity contribution in [3.05, 3.63) is 65.7 Å². The molecular weight excluding hydrogens is 302 g/mol. The monoisotopic (exact) mass is 323 g/mol. The fourth-order valence-electron chi connectivity index (χ4n) is 2.43. The molecule has 0 heterocycles. The zero-order valence-electron chi connectivity index (χ0n) is 13.4. The molecule has 2 amide bonds. The molecule has 0 unspecified atom stereocenters. The van der Waals surface area contributed by atoms with Gasteiger partial charge in [0.15, 0.2) is 0 Å². The van der Waals surface area contributed by atoms with Crippen molar-refractivity contribution in [2.45, 2.75) is 31.3 Å². The number of nitrogens with one attached hydrogen (secondary N) is 2. The standard InChI is InChI=1S/C19H21N3O2/c20-18(14-4-2-1-3-5-14)19(24)22-16-8-6-13(7-9-16)12-17(23)21-15-10-11-15/h1-9,15,18H,10-12,20H2,(H,21,23)(H,22,24)/t18-/m0/s1. The van der Waals surface area contributed by atoms with Crippen molar-refractivity contribution < 1.29 is 9.59 Å². The van der Waals surface area contributed by atoms with Gasteiger partial charge in [-0.25, -0.2) is 0 Å². The van der Waals surface area contributed by atoms with Crippen LogP contribution in [0.15, 0.2) is 54.6 Å². The quantitative estimate of drug-likeness (QED) is 0.761. The third-order valence-electron chi connectivity index (χ3n) is 3.97. The number of anilines is 1. The van der Waals surface area contributed by atoms with Gasteiger partial charge >= 0.3 is 0 Å². The molecule has 4 N–H and O–H groups in total. The lowest BCUT2D eigenvalue weighted by molar-refractivity contribution is -0.120. The number of hydrogen-bond acceptors (Lipinski definition) is 3. The molecule has 5 heteroatoms. The van der Waals surface area contributed by atoms with Crippen LogP contribution < -0.4 is 16.4 Å². The normalized spacial score (nSPS) is 14.7. The van der Waals surface area contributed by atoms with Gasteiger partial charge in [0.2, 0.25) is 11.8 Å². The summed E-state index contributed by atoms with van der Waals surface area (Å²) < 4.78 is 0. The van der Waals surface area contributed by atoms with Gasteiger partial charge in [0.1, 0.15) is 6.04 Å². The molecule has 2 aromatic rings.